The van der Waals surface area contributed by atoms with E-state index in [9.17, 15) is 0 Å². The van der Waals surface area contributed by atoms with Crippen molar-refractivity contribution in [2.75, 3.05) is 45.0 Å². The Hall–Kier alpha value is -1.95. The molecule has 5 heteroatoms. The summed E-state index contributed by atoms with van der Waals surface area (Å²) in [6, 6.07) is 15.7. The van der Waals surface area contributed by atoms with Crippen LogP contribution < -0.4 is 11.1 Å². The quantitative estimate of drug-likeness (QED) is 0.872. The summed E-state index contributed by atoms with van der Waals surface area (Å²) in [6.07, 6.45) is 1.76. The van der Waals surface area contributed by atoms with Crippen molar-refractivity contribution >= 4 is 5.82 Å². The maximum Gasteiger partial charge on any atom is 0.127 e. The van der Waals surface area contributed by atoms with E-state index in [0.29, 0.717) is 17.8 Å². The molecule has 1 aromatic heterocycles. The fourth-order valence-electron chi connectivity index (χ4n) is 5.49. The van der Waals surface area contributed by atoms with Crippen molar-refractivity contribution in [3.63, 3.8) is 0 Å². The number of nitrogens with two attached hydrogens (primary N) is 1. The monoisotopic (exact) mass is 349 g/mol. The van der Waals surface area contributed by atoms with Crippen LogP contribution in [0.1, 0.15) is 11.1 Å². The average Bonchev–Trinajstić information content (AvgIpc) is 2.91. The standard InChI is InChI=1S/C21H27N5/c22-20-16(5-4-8-23-20)11-24-19-17-12-25-9-10-26(13-17)15-21(19,14-25)18-6-2-1-3-7-18/h1-8,17,19,24H,9-15H2,(H2,22,23). The highest BCUT2D eigenvalue weighted by molar-refractivity contribution is 5.39. The van der Waals surface area contributed by atoms with Gasteiger partial charge in [0.25, 0.3) is 0 Å². The highest BCUT2D eigenvalue weighted by Gasteiger charge is 2.54. The van der Waals surface area contributed by atoms with E-state index in [0.717, 1.165) is 25.2 Å². The van der Waals surface area contributed by atoms with Gasteiger partial charge in [0.2, 0.25) is 0 Å². The Morgan fingerprint density at radius 2 is 1.77 bits per heavy atom. The highest BCUT2D eigenvalue weighted by atomic mass is 15.3. The minimum atomic E-state index is 0.149. The van der Waals surface area contributed by atoms with Crippen molar-refractivity contribution in [3.8, 4) is 0 Å². The van der Waals surface area contributed by atoms with Crippen LogP contribution in [0.4, 0.5) is 5.82 Å². The summed E-state index contributed by atoms with van der Waals surface area (Å²) in [5.41, 5.74) is 8.80. The largest absolute Gasteiger partial charge is 0.383 e. The summed E-state index contributed by atoms with van der Waals surface area (Å²) < 4.78 is 0. The zero-order chi connectivity index (χ0) is 17.6. The molecule has 3 atom stereocenters. The number of nitrogens with zero attached hydrogens (tertiary/aromatic N) is 3. The Bertz CT molecular complexity index is 761. The molecule has 0 saturated carbocycles. The van der Waals surface area contributed by atoms with E-state index in [2.05, 4.69) is 56.5 Å². The second kappa shape index (κ2) is 6.34. The van der Waals surface area contributed by atoms with E-state index in [1.54, 1.807) is 6.20 Å². The Morgan fingerprint density at radius 1 is 1.04 bits per heavy atom. The fourth-order valence-corrected chi connectivity index (χ4v) is 5.49. The molecule has 6 rings (SSSR count). The first-order chi connectivity index (χ1) is 12.7. The molecular weight excluding hydrogens is 322 g/mol. The lowest BCUT2D eigenvalue weighted by Gasteiger charge is -2.56. The molecule has 0 radical (unpaired) electrons. The summed E-state index contributed by atoms with van der Waals surface area (Å²) in [5, 5.41) is 3.92. The number of aromatic nitrogens is 1. The summed E-state index contributed by atoms with van der Waals surface area (Å²) in [7, 11) is 0. The van der Waals surface area contributed by atoms with Crippen molar-refractivity contribution in [1.82, 2.24) is 20.1 Å². The van der Waals surface area contributed by atoms with Gasteiger partial charge in [0.15, 0.2) is 0 Å². The molecule has 2 aromatic rings. The molecule has 3 unspecified atom stereocenters. The Labute approximate surface area is 155 Å². The average molecular weight is 349 g/mol. The van der Waals surface area contributed by atoms with Gasteiger partial charge in [0.1, 0.15) is 5.82 Å². The van der Waals surface area contributed by atoms with Gasteiger partial charge in [0.05, 0.1) is 0 Å². The Kier molecular flexibility index (Phi) is 3.96. The van der Waals surface area contributed by atoms with E-state index < -0.39 is 0 Å². The molecule has 26 heavy (non-hydrogen) atoms. The number of hydrogen-bond donors (Lipinski definition) is 2. The van der Waals surface area contributed by atoms with Crippen LogP contribution in [0, 0.1) is 5.92 Å². The summed E-state index contributed by atoms with van der Waals surface area (Å²) >= 11 is 0. The number of piperidine rings is 2. The van der Waals surface area contributed by atoms with Crippen LogP contribution in [0.2, 0.25) is 0 Å². The van der Waals surface area contributed by atoms with Gasteiger partial charge >= 0.3 is 0 Å². The maximum absolute atomic E-state index is 6.08. The van der Waals surface area contributed by atoms with Crippen LogP contribution in [0.25, 0.3) is 0 Å². The highest BCUT2D eigenvalue weighted by Crippen LogP contribution is 2.43. The molecule has 4 aliphatic heterocycles. The zero-order valence-corrected chi connectivity index (χ0v) is 15.1. The number of nitrogens with one attached hydrogen (secondary N) is 1. The van der Waals surface area contributed by atoms with Gasteiger partial charge in [-0.1, -0.05) is 36.4 Å². The molecule has 0 amide bonds. The van der Waals surface area contributed by atoms with Gasteiger partial charge in [-0.05, 0) is 11.6 Å². The first-order valence-corrected chi connectivity index (χ1v) is 9.68. The summed E-state index contributed by atoms with van der Waals surface area (Å²) in [5.74, 6) is 1.29. The number of nitrogen functional groups attached to an aromatic ring is 1. The lowest BCUT2D eigenvalue weighted by Crippen LogP contribution is -2.69. The second-order valence-electron chi connectivity index (χ2n) is 8.16. The molecule has 4 bridgehead atoms. The molecule has 5 nitrogen and oxygen atoms in total. The second-order valence-corrected chi connectivity index (χ2v) is 8.16. The molecule has 4 fully saturated rings. The van der Waals surface area contributed by atoms with E-state index in [-0.39, 0.29) is 5.41 Å². The summed E-state index contributed by atoms with van der Waals surface area (Å²) in [6.45, 7) is 7.88. The maximum atomic E-state index is 6.08. The van der Waals surface area contributed by atoms with Gasteiger partial charge in [0, 0.05) is 74.9 Å². The van der Waals surface area contributed by atoms with Gasteiger partial charge in [-0.15, -0.1) is 0 Å². The first kappa shape index (κ1) is 16.2. The van der Waals surface area contributed by atoms with Gasteiger partial charge < -0.3 is 20.9 Å². The number of rotatable bonds is 4. The smallest absolute Gasteiger partial charge is 0.127 e. The third-order valence-electron chi connectivity index (χ3n) is 6.58. The van der Waals surface area contributed by atoms with Crippen LogP contribution >= 0.6 is 0 Å². The SMILES string of the molecule is Nc1ncccc1CNC1C2CN3CCN(C2)CC1(c1ccccc1)C3. The number of pyridine rings is 1. The number of anilines is 1. The van der Waals surface area contributed by atoms with Crippen LogP contribution in [-0.4, -0.2) is 60.1 Å². The van der Waals surface area contributed by atoms with Gasteiger partial charge in [-0.2, -0.15) is 0 Å². The first-order valence-electron chi connectivity index (χ1n) is 9.68. The molecular formula is C21H27N5. The van der Waals surface area contributed by atoms with Crippen LogP contribution in [-0.2, 0) is 12.0 Å². The van der Waals surface area contributed by atoms with Crippen LogP contribution in [0.5, 0.6) is 0 Å². The third kappa shape index (κ3) is 2.62. The third-order valence-corrected chi connectivity index (χ3v) is 6.58. The molecule has 5 heterocycles. The van der Waals surface area contributed by atoms with E-state index in [4.69, 9.17) is 5.73 Å². The molecule has 4 saturated heterocycles. The van der Waals surface area contributed by atoms with E-state index >= 15 is 0 Å². The predicted molar refractivity (Wildman–Crippen MR) is 104 cm³/mol. The Balaban J connectivity index is 1.49. The number of fused-ring (bicyclic) bond motifs is 1. The molecule has 1 aromatic carbocycles. The molecule has 136 valence electrons. The van der Waals surface area contributed by atoms with Crippen molar-refractivity contribution in [3.05, 3.63) is 59.8 Å². The summed E-state index contributed by atoms with van der Waals surface area (Å²) in [4.78, 5) is 9.61. The molecule has 0 spiro atoms. The number of benzene rings is 1. The van der Waals surface area contributed by atoms with Crippen molar-refractivity contribution in [1.29, 1.82) is 0 Å². The van der Waals surface area contributed by atoms with Crippen molar-refractivity contribution in [2.45, 2.75) is 18.0 Å². The molecule has 3 N–H and O–H groups in total. The normalized spacial score (nSPS) is 35.4. The van der Waals surface area contributed by atoms with Crippen molar-refractivity contribution < 1.29 is 0 Å². The van der Waals surface area contributed by atoms with E-state index in [1.807, 2.05) is 6.07 Å². The minimum absolute atomic E-state index is 0.149. The van der Waals surface area contributed by atoms with Crippen molar-refractivity contribution in [2.24, 2.45) is 5.92 Å². The predicted octanol–water partition coefficient (Wildman–Crippen LogP) is 1.32. The molecule has 4 aliphatic rings. The number of hydrogen-bond acceptors (Lipinski definition) is 5. The van der Waals surface area contributed by atoms with Crippen LogP contribution in [0.15, 0.2) is 48.7 Å². The fraction of sp³-hybridized carbons (Fsp3) is 0.476. The lowest BCUT2D eigenvalue weighted by molar-refractivity contribution is 0.0175. The Morgan fingerprint density at radius 3 is 2.46 bits per heavy atom. The minimum Gasteiger partial charge on any atom is -0.383 e. The lowest BCUT2D eigenvalue weighted by atomic mass is 9.64. The zero-order valence-electron chi connectivity index (χ0n) is 15.1. The van der Waals surface area contributed by atoms with Gasteiger partial charge in [-0.25, -0.2) is 4.98 Å². The van der Waals surface area contributed by atoms with Gasteiger partial charge in [-0.3, -0.25) is 0 Å². The molecule has 0 aliphatic carbocycles. The van der Waals surface area contributed by atoms with E-state index in [1.165, 1.54) is 31.7 Å². The topological polar surface area (TPSA) is 57.4 Å². The van der Waals surface area contributed by atoms with Crippen LogP contribution in [0.3, 0.4) is 0 Å².